The van der Waals surface area contributed by atoms with Crippen LogP contribution in [0.5, 0.6) is 0 Å². The van der Waals surface area contributed by atoms with Crippen molar-refractivity contribution in [3.05, 3.63) is 107 Å². The van der Waals surface area contributed by atoms with E-state index in [1.54, 1.807) is 18.2 Å². The second kappa shape index (κ2) is 7.63. The number of hydrogen-bond acceptors (Lipinski definition) is 0. The second-order valence-corrected chi connectivity index (χ2v) is 10.7. The highest BCUT2D eigenvalue weighted by Gasteiger charge is 2.74. The minimum atomic E-state index is -5.87. The topological polar surface area (TPSA) is 0 Å². The number of halogens is 9. The number of alkyl halides is 9. The third-order valence-corrected chi connectivity index (χ3v) is 8.85. The van der Waals surface area contributed by atoms with E-state index in [9.17, 15) is 13.2 Å². The standard InChI is InChI=1S/C32H17F9/c1-28(30(33,34)35)22-13-12-16-6-2-3-9-18(16)27(22)21-15-25-20(14-24(21)28)19-10-4-7-17-8-5-11-23(26(17)19)29(25,31(36,37)38)32(39,40)41/h2-15H,1H3. The van der Waals surface area contributed by atoms with Crippen LogP contribution in [0.2, 0.25) is 0 Å². The van der Waals surface area contributed by atoms with Gasteiger partial charge in [0, 0.05) is 0 Å². The second-order valence-electron chi connectivity index (χ2n) is 10.7. The van der Waals surface area contributed by atoms with E-state index in [2.05, 4.69) is 0 Å². The predicted molar refractivity (Wildman–Crippen MR) is 138 cm³/mol. The first-order chi connectivity index (χ1) is 19.1. The number of benzene rings is 5. The molecule has 1 unspecified atom stereocenters. The van der Waals surface area contributed by atoms with Gasteiger partial charge in [0.1, 0.15) is 5.41 Å². The van der Waals surface area contributed by atoms with Gasteiger partial charge in [0.05, 0.1) is 0 Å². The fraction of sp³-hybridized carbons (Fsp3) is 0.188. The van der Waals surface area contributed by atoms with Crippen LogP contribution in [0.1, 0.15) is 29.2 Å². The molecule has 9 heteroatoms. The number of hydrogen-bond donors (Lipinski definition) is 0. The summed E-state index contributed by atoms with van der Waals surface area (Å²) in [7, 11) is 0. The first-order valence-electron chi connectivity index (χ1n) is 12.6. The van der Waals surface area contributed by atoms with Crippen LogP contribution in [-0.2, 0) is 10.8 Å². The molecule has 0 bridgehead atoms. The Kier molecular flexibility index (Phi) is 4.82. The zero-order valence-corrected chi connectivity index (χ0v) is 21.0. The molecule has 0 saturated carbocycles. The summed E-state index contributed by atoms with van der Waals surface area (Å²) in [6.07, 6.45) is -16.7. The summed E-state index contributed by atoms with van der Waals surface area (Å²) >= 11 is 0. The molecular weight excluding hydrogens is 555 g/mol. The molecule has 2 aliphatic rings. The van der Waals surface area contributed by atoms with Gasteiger partial charge in [-0.05, 0) is 85.1 Å². The Hall–Kier alpha value is -4.01. The summed E-state index contributed by atoms with van der Waals surface area (Å²) in [4.78, 5) is 0. The Labute approximate surface area is 227 Å². The first-order valence-corrected chi connectivity index (χ1v) is 12.6. The maximum atomic E-state index is 15.1. The molecule has 0 saturated heterocycles. The largest absolute Gasteiger partial charge is 0.411 e. The van der Waals surface area contributed by atoms with E-state index < -0.39 is 46.0 Å². The molecule has 5 aromatic carbocycles. The lowest BCUT2D eigenvalue weighted by Crippen LogP contribution is -2.56. The first kappa shape index (κ1) is 25.9. The summed E-state index contributed by atoms with van der Waals surface area (Å²) in [6.45, 7) is 0.928. The van der Waals surface area contributed by atoms with E-state index in [1.165, 1.54) is 42.5 Å². The minimum absolute atomic E-state index is 0.0176. The molecule has 41 heavy (non-hydrogen) atoms. The molecule has 0 nitrogen and oxygen atoms in total. The van der Waals surface area contributed by atoms with Crippen LogP contribution in [0.15, 0.2) is 84.9 Å². The van der Waals surface area contributed by atoms with Gasteiger partial charge >= 0.3 is 18.5 Å². The van der Waals surface area contributed by atoms with Crippen molar-refractivity contribution in [1.82, 2.24) is 0 Å². The third-order valence-electron chi connectivity index (χ3n) is 8.85. The maximum absolute atomic E-state index is 15.1. The van der Waals surface area contributed by atoms with Crippen LogP contribution in [0.25, 0.3) is 43.8 Å². The van der Waals surface area contributed by atoms with Crippen molar-refractivity contribution in [1.29, 1.82) is 0 Å². The van der Waals surface area contributed by atoms with Crippen LogP contribution in [0.4, 0.5) is 39.5 Å². The van der Waals surface area contributed by atoms with Crippen molar-refractivity contribution < 1.29 is 39.5 Å². The Morgan fingerprint density at radius 3 is 1.76 bits per heavy atom. The molecule has 0 fully saturated rings. The highest BCUT2D eigenvalue weighted by molar-refractivity contribution is 6.07. The van der Waals surface area contributed by atoms with E-state index in [-0.39, 0.29) is 38.6 Å². The minimum Gasteiger partial charge on any atom is -0.170 e. The summed E-state index contributed by atoms with van der Waals surface area (Å²) in [5, 5.41) is 0.653. The van der Waals surface area contributed by atoms with Crippen molar-refractivity contribution in [2.45, 2.75) is 36.3 Å². The lowest BCUT2D eigenvalue weighted by molar-refractivity contribution is -0.288. The molecule has 0 aromatic heterocycles. The molecular formula is C32H17F9. The van der Waals surface area contributed by atoms with E-state index in [1.807, 2.05) is 0 Å². The molecule has 5 aromatic rings. The van der Waals surface area contributed by atoms with Gasteiger partial charge in [0.15, 0.2) is 0 Å². The lowest BCUT2D eigenvalue weighted by atomic mass is 9.64. The summed E-state index contributed by atoms with van der Waals surface area (Å²) in [5.41, 5.74) is -10.7. The molecule has 0 N–H and O–H groups in total. The maximum Gasteiger partial charge on any atom is 0.411 e. The molecule has 7 rings (SSSR count). The molecule has 0 heterocycles. The van der Waals surface area contributed by atoms with E-state index in [0.29, 0.717) is 16.8 Å². The van der Waals surface area contributed by atoms with Crippen LogP contribution in [0, 0.1) is 0 Å². The van der Waals surface area contributed by atoms with Crippen molar-refractivity contribution in [2.75, 3.05) is 0 Å². The lowest BCUT2D eigenvalue weighted by Gasteiger charge is -2.43. The molecule has 1 atom stereocenters. The van der Waals surface area contributed by atoms with Crippen molar-refractivity contribution in [3.8, 4) is 22.3 Å². The summed E-state index contributed by atoms with van der Waals surface area (Å²) in [6, 6.07) is 18.3. The Morgan fingerprint density at radius 2 is 1.10 bits per heavy atom. The zero-order chi connectivity index (χ0) is 29.3. The SMILES string of the molecule is CC1(C(F)(F)F)c2cc3c(cc2-c2c1ccc1ccccc21)C(C(F)(F)F)(C(F)(F)F)c1cccc2cccc-3c12. The Morgan fingerprint density at radius 1 is 0.488 bits per heavy atom. The van der Waals surface area contributed by atoms with Crippen LogP contribution in [0.3, 0.4) is 0 Å². The zero-order valence-electron chi connectivity index (χ0n) is 21.0. The van der Waals surface area contributed by atoms with Crippen molar-refractivity contribution in [3.63, 3.8) is 0 Å². The average molecular weight is 572 g/mol. The van der Waals surface area contributed by atoms with Crippen LogP contribution in [-0.4, -0.2) is 18.5 Å². The Bertz CT molecular complexity index is 1910. The molecule has 0 radical (unpaired) electrons. The van der Waals surface area contributed by atoms with E-state index in [4.69, 9.17) is 0 Å². The van der Waals surface area contributed by atoms with Gasteiger partial charge in [-0.25, -0.2) is 0 Å². The normalized spacial score (nSPS) is 19.3. The molecule has 2 aliphatic carbocycles. The number of fused-ring (bicyclic) bond motifs is 7. The molecule has 208 valence electrons. The quantitative estimate of drug-likeness (QED) is 0.162. The molecule has 0 spiro atoms. The van der Waals surface area contributed by atoms with Gasteiger partial charge < -0.3 is 0 Å². The molecule has 0 amide bonds. The number of rotatable bonds is 0. The van der Waals surface area contributed by atoms with Crippen LogP contribution < -0.4 is 0 Å². The summed E-state index contributed by atoms with van der Waals surface area (Å²) < 4.78 is 136. The average Bonchev–Trinajstić information content (AvgIpc) is 3.15. The summed E-state index contributed by atoms with van der Waals surface area (Å²) in [5.74, 6) is 0. The fourth-order valence-corrected chi connectivity index (χ4v) is 6.98. The van der Waals surface area contributed by atoms with E-state index in [0.717, 1.165) is 25.1 Å². The highest BCUT2D eigenvalue weighted by atomic mass is 19.4. The van der Waals surface area contributed by atoms with Gasteiger partial charge in [-0.1, -0.05) is 72.8 Å². The third kappa shape index (κ3) is 2.94. The highest BCUT2D eigenvalue weighted by Crippen LogP contribution is 2.65. The van der Waals surface area contributed by atoms with Gasteiger partial charge in [0.25, 0.3) is 0 Å². The fourth-order valence-electron chi connectivity index (χ4n) is 6.98. The van der Waals surface area contributed by atoms with Crippen molar-refractivity contribution in [2.24, 2.45) is 0 Å². The smallest absolute Gasteiger partial charge is 0.170 e. The van der Waals surface area contributed by atoms with Crippen LogP contribution >= 0.6 is 0 Å². The van der Waals surface area contributed by atoms with Gasteiger partial charge in [0.2, 0.25) is 5.41 Å². The van der Waals surface area contributed by atoms with E-state index >= 15 is 26.3 Å². The van der Waals surface area contributed by atoms with Gasteiger partial charge in [-0.15, -0.1) is 0 Å². The van der Waals surface area contributed by atoms with Gasteiger partial charge in [-0.3, -0.25) is 0 Å². The van der Waals surface area contributed by atoms with Crippen molar-refractivity contribution >= 4 is 21.5 Å². The predicted octanol–water partition coefficient (Wildman–Crippen LogP) is 10.2. The monoisotopic (exact) mass is 572 g/mol. The van der Waals surface area contributed by atoms with Gasteiger partial charge in [-0.2, -0.15) is 39.5 Å². The Balaban J connectivity index is 1.74. The molecule has 0 aliphatic heterocycles.